The Morgan fingerprint density at radius 3 is 2.85 bits per heavy atom. The molecule has 1 aliphatic rings. The molecule has 1 atom stereocenters. The summed E-state index contributed by atoms with van der Waals surface area (Å²) in [6.07, 6.45) is 0.940. The van der Waals surface area contributed by atoms with Gasteiger partial charge in [-0.25, -0.2) is 9.98 Å². The monoisotopic (exact) mass is 387 g/mol. The summed E-state index contributed by atoms with van der Waals surface area (Å²) >= 11 is 1.35. The number of carbonyl (C=O) groups excluding carboxylic acids is 1. The van der Waals surface area contributed by atoms with Gasteiger partial charge in [-0.3, -0.25) is 4.79 Å². The fourth-order valence-electron chi connectivity index (χ4n) is 2.85. The van der Waals surface area contributed by atoms with E-state index >= 15 is 0 Å². The summed E-state index contributed by atoms with van der Waals surface area (Å²) < 4.78 is 5.92. The van der Waals surface area contributed by atoms with Crippen LogP contribution < -0.4 is 20.7 Å². The van der Waals surface area contributed by atoms with Crippen molar-refractivity contribution >= 4 is 23.2 Å². The molecule has 0 radical (unpaired) electrons. The molecule has 1 aromatic carbocycles. The van der Waals surface area contributed by atoms with E-state index in [-0.39, 0.29) is 12.0 Å². The molecule has 2 heterocycles. The van der Waals surface area contributed by atoms with Crippen molar-refractivity contribution in [3.05, 3.63) is 45.9 Å². The Kier molecular flexibility index (Phi) is 6.64. The highest BCUT2D eigenvalue weighted by molar-refractivity contribution is 7.11. The zero-order valence-corrected chi connectivity index (χ0v) is 16.4. The number of guanidine groups is 1. The Balaban J connectivity index is 1.43. The number of benzene rings is 1. The molecule has 0 fully saturated rings. The van der Waals surface area contributed by atoms with Gasteiger partial charge in [0.2, 0.25) is 0 Å². The molecule has 2 aromatic rings. The number of aromatic nitrogens is 1. The molecule has 0 spiro atoms. The zero-order valence-electron chi connectivity index (χ0n) is 15.6. The number of hydrogen-bond donors (Lipinski definition) is 3. The van der Waals surface area contributed by atoms with Crippen molar-refractivity contribution in [1.29, 1.82) is 0 Å². The van der Waals surface area contributed by atoms with E-state index in [0.717, 1.165) is 30.4 Å². The average molecular weight is 388 g/mol. The highest BCUT2D eigenvalue weighted by Crippen LogP contribution is 2.28. The predicted molar refractivity (Wildman–Crippen MR) is 108 cm³/mol. The normalized spacial score (nSPS) is 15.8. The average Bonchev–Trinajstić information content (AvgIpc) is 3.28. The van der Waals surface area contributed by atoms with Gasteiger partial charge in [-0.15, -0.1) is 11.3 Å². The number of aliphatic imine (C=N–C) groups is 1. The predicted octanol–water partition coefficient (Wildman–Crippen LogP) is 1.74. The number of rotatable bonds is 7. The van der Waals surface area contributed by atoms with Crippen molar-refractivity contribution in [3.63, 3.8) is 0 Å². The molecule has 1 unspecified atom stereocenters. The van der Waals surface area contributed by atoms with E-state index < -0.39 is 0 Å². The molecule has 3 rings (SSSR count). The molecule has 0 bridgehead atoms. The van der Waals surface area contributed by atoms with E-state index in [9.17, 15) is 4.79 Å². The molecule has 0 saturated carbocycles. The van der Waals surface area contributed by atoms with Crippen LogP contribution in [0.4, 0.5) is 0 Å². The largest absolute Gasteiger partial charge is 0.488 e. The van der Waals surface area contributed by atoms with E-state index in [1.807, 2.05) is 32.0 Å². The second-order valence-corrected chi connectivity index (χ2v) is 7.08. The van der Waals surface area contributed by atoms with Crippen LogP contribution in [0.25, 0.3) is 0 Å². The molecule has 1 aromatic heterocycles. The summed E-state index contributed by atoms with van der Waals surface area (Å²) in [5.41, 5.74) is 3.68. The van der Waals surface area contributed by atoms with Crippen LogP contribution in [0.15, 0.2) is 34.8 Å². The smallest absolute Gasteiger partial charge is 0.263 e. The number of nitrogens with one attached hydrogen (secondary N) is 3. The Hall–Kier alpha value is -2.61. The zero-order chi connectivity index (χ0) is 19.1. The third kappa shape index (κ3) is 5.19. The number of fused-ring (bicyclic) bond motifs is 1. The second kappa shape index (κ2) is 9.36. The quantitative estimate of drug-likeness (QED) is 0.383. The van der Waals surface area contributed by atoms with Gasteiger partial charge in [0.1, 0.15) is 16.7 Å². The molecule has 0 aliphatic carbocycles. The van der Waals surface area contributed by atoms with Gasteiger partial charge in [-0.05, 0) is 25.5 Å². The van der Waals surface area contributed by atoms with Crippen molar-refractivity contribution in [2.24, 2.45) is 4.99 Å². The fraction of sp³-hybridized carbons (Fsp3) is 0.421. The van der Waals surface area contributed by atoms with Gasteiger partial charge in [0.15, 0.2) is 5.96 Å². The Morgan fingerprint density at radius 2 is 2.11 bits per heavy atom. The number of para-hydroxylation sites is 1. The number of hydrogen-bond acceptors (Lipinski definition) is 5. The molecule has 1 amide bonds. The van der Waals surface area contributed by atoms with Gasteiger partial charge < -0.3 is 20.7 Å². The van der Waals surface area contributed by atoms with Gasteiger partial charge in [0, 0.05) is 26.1 Å². The van der Waals surface area contributed by atoms with Crippen molar-refractivity contribution < 1.29 is 9.53 Å². The lowest BCUT2D eigenvalue weighted by Crippen LogP contribution is -2.42. The van der Waals surface area contributed by atoms with Crippen LogP contribution in [0, 0.1) is 6.92 Å². The summed E-state index contributed by atoms with van der Waals surface area (Å²) in [4.78, 5) is 21.4. The Labute approximate surface area is 163 Å². The molecule has 144 valence electrons. The van der Waals surface area contributed by atoms with E-state index in [4.69, 9.17) is 4.74 Å². The first-order valence-corrected chi connectivity index (χ1v) is 10.0. The molecular weight excluding hydrogens is 362 g/mol. The maximum Gasteiger partial charge on any atom is 0.263 e. The number of ether oxygens (including phenoxy) is 1. The van der Waals surface area contributed by atoms with Crippen LogP contribution in [0.2, 0.25) is 0 Å². The molecule has 0 saturated heterocycles. The lowest BCUT2D eigenvalue weighted by Gasteiger charge is -2.13. The van der Waals surface area contributed by atoms with Gasteiger partial charge in [-0.2, -0.15) is 0 Å². The highest BCUT2D eigenvalue weighted by Gasteiger charge is 2.21. The molecule has 8 heteroatoms. The van der Waals surface area contributed by atoms with Gasteiger partial charge in [-0.1, -0.05) is 18.2 Å². The van der Waals surface area contributed by atoms with Crippen LogP contribution in [0.3, 0.4) is 0 Å². The Bertz CT molecular complexity index is 780. The van der Waals surface area contributed by atoms with E-state index in [2.05, 4.69) is 32.0 Å². The summed E-state index contributed by atoms with van der Waals surface area (Å²) in [6, 6.07) is 8.10. The third-order valence-corrected chi connectivity index (χ3v) is 5.09. The minimum Gasteiger partial charge on any atom is -0.488 e. The number of carbonyl (C=O) groups is 1. The lowest BCUT2D eigenvalue weighted by atomic mass is 10.1. The number of amides is 1. The number of thiazole rings is 1. The maximum absolute atomic E-state index is 12.1. The second-order valence-electron chi connectivity index (χ2n) is 6.22. The van der Waals surface area contributed by atoms with Gasteiger partial charge in [0.05, 0.1) is 17.7 Å². The topological polar surface area (TPSA) is 87.6 Å². The first kappa shape index (κ1) is 19.2. The molecule has 1 aliphatic heterocycles. The highest BCUT2D eigenvalue weighted by atomic mass is 32.1. The van der Waals surface area contributed by atoms with Crippen LogP contribution >= 0.6 is 11.3 Å². The van der Waals surface area contributed by atoms with Crippen molar-refractivity contribution in [1.82, 2.24) is 20.9 Å². The summed E-state index contributed by atoms with van der Waals surface area (Å²) in [5.74, 6) is 1.59. The van der Waals surface area contributed by atoms with Crippen LogP contribution in [0.5, 0.6) is 5.75 Å². The van der Waals surface area contributed by atoms with Crippen LogP contribution in [-0.2, 0) is 6.42 Å². The van der Waals surface area contributed by atoms with Gasteiger partial charge in [0.25, 0.3) is 5.91 Å². The fourth-order valence-corrected chi connectivity index (χ4v) is 3.57. The lowest BCUT2D eigenvalue weighted by molar-refractivity contribution is 0.0957. The third-order valence-electron chi connectivity index (χ3n) is 4.17. The van der Waals surface area contributed by atoms with Crippen molar-refractivity contribution in [2.75, 3.05) is 26.2 Å². The first-order valence-electron chi connectivity index (χ1n) is 9.12. The molecule has 27 heavy (non-hydrogen) atoms. The van der Waals surface area contributed by atoms with Crippen LogP contribution in [-0.4, -0.2) is 49.1 Å². The standard InChI is InChI=1S/C19H25N5O2S/c1-3-20-19(22-9-8-21-18(25)17-13(2)24-12-27-17)23-11-15-10-14-6-4-5-7-16(14)26-15/h4-7,12,15H,3,8-11H2,1-2H3,(H,21,25)(H2,20,22,23). The number of aryl methyl sites for hydroxylation is 1. The van der Waals surface area contributed by atoms with Crippen molar-refractivity contribution in [2.45, 2.75) is 26.4 Å². The van der Waals surface area contributed by atoms with Crippen molar-refractivity contribution in [3.8, 4) is 5.75 Å². The summed E-state index contributed by atoms with van der Waals surface area (Å²) in [6.45, 7) is 6.30. The van der Waals surface area contributed by atoms with Gasteiger partial charge >= 0.3 is 0 Å². The van der Waals surface area contributed by atoms with E-state index in [0.29, 0.717) is 24.5 Å². The maximum atomic E-state index is 12.1. The van der Waals surface area contributed by atoms with E-state index in [1.54, 1.807) is 5.51 Å². The summed E-state index contributed by atoms with van der Waals surface area (Å²) in [5, 5.41) is 9.35. The SMILES string of the molecule is CCNC(=NCC1Cc2ccccc2O1)NCCNC(=O)c1scnc1C. The van der Waals surface area contributed by atoms with Crippen LogP contribution in [0.1, 0.15) is 27.9 Å². The minimum absolute atomic E-state index is 0.0619. The number of nitrogens with zero attached hydrogens (tertiary/aromatic N) is 2. The minimum atomic E-state index is -0.0872. The van der Waals surface area contributed by atoms with E-state index in [1.165, 1.54) is 16.9 Å². The summed E-state index contributed by atoms with van der Waals surface area (Å²) in [7, 11) is 0. The Morgan fingerprint density at radius 1 is 1.30 bits per heavy atom. The molecule has 7 nitrogen and oxygen atoms in total. The molecule has 3 N–H and O–H groups in total. The first-order chi connectivity index (χ1) is 13.2. The molecular formula is C19H25N5O2S.